The second-order valence-electron chi connectivity index (χ2n) is 4.74. The summed E-state index contributed by atoms with van der Waals surface area (Å²) >= 11 is 0. The first-order chi connectivity index (χ1) is 5.79. The average Bonchev–Trinajstić information content (AvgIpc) is 2.64. The Morgan fingerprint density at radius 1 is 1.50 bits per heavy atom. The van der Waals surface area contributed by atoms with Crippen molar-refractivity contribution in [1.82, 2.24) is 5.32 Å². The molecule has 3 unspecified atom stereocenters. The van der Waals surface area contributed by atoms with E-state index in [0.29, 0.717) is 0 Å². The van der Waals surface area contributed by atoms with Gasteiger partial charge in [0, 0.05) is 0 Å². The normalized spacial score (nSPS) is 45.5. The third-order valence-corrected chi connectivity index (χ3v) is 4.18. The van der Waals surface area contributed by atoms with Crippen LogP contribution in [0.2, 0.25) is 0 Å². The summed E-state index contributed by atoms with van der Waals surface area (Å²) in [5.74, 6) is 2.04. The molecule has 2 rings (SSSR count). The van der Waals surface area contributed by atoms with E-state index in [1.165, 1.54) is 32.2 Å². The Kier molecular flexibility index (Phi) is 2.16. The first kappa shape index (κ1) is 8.55. The Bertz CT molecular complexity index is 166. The quantitative estimate of drug-likeness (QED) is 0.680. The maximum atomic E-state index is 3.48. The summed E-state index contributed by atoms with van der Waals surface area (Å²) in [7, 11) is 0. The van der Waals surface area contributed by atoms with Gasteiger partial charge >= 0.3 is 0 Å². The highest BCUT2D eigenvalue weighted by molar-refractivity contribution is 5.08. The molecular formula is C11H21N. The highest BCUT2D eigenvalue weighted by Gasteiger charge is 2.58. The molecule has 0 saturated heterocycles. The molecule has 70 valence electrons. The van der Waals surface area contributed by atoms with Crippen molar-refractivity contribution in [2.75, 3.05) is 13.1 Å². The predicted molar refractivity (Wildman–Crippen MR) is 52.1 cm³/mol. The van der Waals surface area contributed by atoms with Gasteiger partial charge in [-0.05, 0) is 43.2 Å². The van der Waals surface area contributed by atoms with Gasteiger partial charge in [0.1, 0.15) is 0 Å². The molecule has 1 spiro atoms. The molecule has 2 aliphatic rings. The fraction of sp³-hybridized carbons (Fsp3) is 1.00. The van der Waals surface area contributed by atoms with E-state index in [1.807, 2.05) is 0 Å². The van der Waals surface area contributed by atoms with E-state index in [0.717, 1.165) is 23.8 Å². The van der Waals surface area contributed by atoms with E-state index >= 15 is 0 Å². The molecule has 0 amide bonds. The largest absolute Gasteiger partial charge is 0.317 e. The van der Waals surface area contributed by atoms with Crippen molar-refractivity contribution in [3.05, 3.63) is 0 Å². The SMILES string of the molecule is CCNCC1CC12CCCC2C. The highest BCUT2D eigenvalue weighted by atomic mass is 14.9. The van der Waals surface area contributed by atoms with Gasteiger partial charge in [-0.25, -0.2) is 0 Å². The Morgan fingerprint density at radius 2 is 2.33 bits per heavy atom. The van der Waals surface area contributed by atoms with Gasteiger partial charge in [-0.15, -0.1) is 0 Å². The van der Waals surface area contributed by atoms with Crippen LogP contribution in [0.4, 0.5) is 0 Å². The summed E-state index contributed by atoms with van der Waals surface area (Å²) in [5.41, 5.74) is 0.808. The molecule has 0 aromatic carbocycles. The second-order valence-corrected chi connectivity index (χ2v) is 4.74. The molecule has 0 bridgehead atoms. The lowest BCUT2D eigenvalue weighted by Crippen LogP contribution is -2.20. The van der Waals surface area contributed by atoms with Gasteiger partial charge in [-0.2, -0.15) is 0 Å². The van der Waals surface area contributed by atoms with E-state index in [1.54, 1.807) is 0 Å². The van der Waals surface area contributed by atoms with E-state index in [4.69, 9.17) is 0 Å². The minimum Gasteiger partial charge on any atom is -0.317 e. The lowest BCUT2D eigenvalue weighted by molar-refractivity contribution is 0.351. The fourth-order valence-electron chi connectivity index (χ4n) is 3.17. The van der Waals surface area contributed by atoms with Gasteiger partial charge in [0.2, 0.25) is 0 Å². The zero-order valence-corrected chi connectivity index (χ0v) is 8.40. The second kappa shape index (κ2) is 3.02. The number of nitrogens with one attached hydrogen (secondary N) is 1. The Morgan fingerprint density at radius 3 is 2.92 bits per heavy atom. The number of hydrogen-bond acceptors (Lipinski definition) is 1. The van der Waals surface area contributed by atoms with Gasteiger partial charge in [-0.3, -0.25) is 0 Å². The summed E-state index contributed by atoms with van der Waals surface area (Å²) in [6, 6.07) is 0. The molecule has 1 N–H and O–H groups in total. The van der Waals surface area contributed by atoms with Gasteiger partial charge in [0.05, 0.1) is 0 Å². The zero-order valence-electron chi connectivity index (χ0n) is 8.40. The molecule has 0 aliphatic heterocycles. The monoisotopic (exact) mass is 167 g/mol. The van der Waals surface area contributed by atoms with Gasteiger partial charge in [0.15, 0.2) is 0 Å². The van der Waals surface area contributed by atoms with Crippen molar-refractivity contribution in [3.63, 3.8) is 0 Å². The van der Waals surface area contributed by atoms with E-state index in [9.17, 15) is 0 Å². The van der Waals surface area contributed by atoms with Crippen molar-refractivity contribution in [2.24, 2.45) is 17.3 Å². The summed E-state index contributed by atoms with van der Waals surface area (Å²) in [6.07, 6.45) is 6.01. The molecule has 1 nitrogen and oxygen atoms in total. The van der Waals surface area contributed by atoms with Crippen molar-refractivity contribution >= 4 is 0 Å². The molecule has 0 aromatic rings. The molecule has 3 atom stereocenters. The summed E-state index contributed by atoms with van der Waals surface area (Å²) in [6.45, 7) is 7.08. The third-order valence-electron chi connectivity index (χ3n) is 4.18. The molecule has 1 heteroatoms. The van der Waals surface area contributed by atoms with Crippen LogP contribution in [0.5, 0.6) is 0 Å². The van der Waals surface area contributed by atoms with E-state index < -0.39 is 0 Å². The Labute approximate surface area is 75.9 Å². The zero-order chi connectivity index (χ0) is 8.60. The maximum absolute atomic E-state index is 3.48. The minimum atomic E-state index is 0.808. The van der Waals surface area contributed by atoms with E-state index in [-0.39, 0.29) is 0 Å². The number of rotatable bonds is 3. The van der Waals surface area contributed by atoms with Gasteiger partial charge in [0.25, 0.3) is 0 Å². The maximum Gasteiger partial charge on any atom is -0.00150 e. The summed E-state index contributed by atoms with van der Waals surface area (Å²) in [5, 5.41) is 3.48. The smallest absolute Gasteiger partial charge is 0.00150 e. The molecule has 0 aromatic heterocycles. The Hall–Kier alpha value is -0.0400. The molecule has 2 saturated carbocycles. The van der Waals surface area contributed by atoms with Crippen LogP contribution in [-0.4, -0.2) is 13.1 Å². The van der Waals surface area contributed by atoms with Crippen molar-refractivity contribution in [3.8, 4) is 0 Å². The van der Waals surface area contributed by atoms with Gasteiger partial charge in [-0.1, -0.05) is 26.7 Å². The van der Waals surface area contributed by atoms with Crippen LogP contribution in [0.25, 0.3) is 0 Å². The topological polar surface area (TPSA) is 12.0 Å². The van der Waals surface area contributed by atoms with Crippen molar-refractivity contribution < 1.29 is 0 Å². The van der Waals surface area contributed by atoms with Crippen LogP contribution in [-0.2, 0) is 0 Å². The van der Waals surface area contributed by atoms with Crippen LogP contribution >= 0.6 is 0 Å². The van der Waals surface area contributed by atoms with Crippen LogP contribution in [0.3, 0.4) is 0 Å². The van der Waals surface area contributed by atoms with Crippen LogP contribution in [0, 0.1) is 17.3 Å². The van der Waals surface area contributed by atoms with Crippen LogP contribution in [0.1, 0.15) is 39.5 Å². The van der Waals surface area contributed by atoms with Crippen LogP contribution in [0.15, 0.2) is 0 Å². The molecule has 2 aliphatic carbocycles. The molecule has 12 heavy (non-hydrogen) atoms. The lowest BCUT2D eigenvalue weighted by Gasteiger charge is -2.15. The van der Waals surface area contributed by atoms with Crippen LogP contribution < -0.4 is 5.32 Å². The summed E-state index contributed by atoms with van der Waals surface area (Å²) < 4.78 is 0. The molecule has 0 heterocycles. The number of hydrogen-bond donors (Lipinski definition) is 1. The first-order valence-corrected chi connectivity index (χ1v) is 5.50. The standard InChI is InChI=1S/C11H21N/c1-3-12-8-10-7-11(10)6-4-5-9(11)2/h9-10,12H,3-8H2,1-2H3. The average molecular weight is 167 g/mol. The summed E-state index contributed by atoms with van der Waals surface area (Å²) in [4.78, 5) is 0. The van der Waals surface area contributed by atoms with Crippen molar-refractivity contribution in [1.29, 1.82) is 0 Å². The fourth-order valence-corrected chi connectivity index (χ4v) is 3.17. The highest BCUT2D eigenvalue weighted by Crippen LogP contribution is 2.65. The predicted octanol–water partition coefficient (Wildman–Crippen LogP) is 2.42. The van der Waals surface area contributed by atoms with Gasteiger partial charge < -0.3 is 5.32 Å². The lowest BCUT2D eigenvalue weighted by atomic mass is 9.92. The third kappa shape index (κ3) is 1.19. The first-order valence-electron chi connectivity index (χ1n) is 5.50. The molecule has 2 fully saturated rings. The van der Waals surface area contributed by atoms with Crippen molar-refractivity contribution in [2.45, 2.75) is 39.5 Å². The minimum absolute atomic E-state index is 0.808. The molecule has 0 radical (unpaired) electrons. The Balaban J connectivity index is 1.83. The van der Waals surface area contributed by atoms with E-state index in [2.05, 4.69) is 19.2 Å². The molecular weight excluding hydrogens is 146 g/mol.